The maximum Gasteiger partial charge on any atom is 0.405 e. The van der Waals surface area contributed by atoms with E-state index >= 15 is 0 Å². The standard InChI is InChI=1S/C16H26F3N3O2/c1-12(14(23)20-11-16(17,18)19)21-9-5-13(6-10-21)15(24)22-7-3-2-4-8-22/h12-13H,2-11H2,1H3,(H,20,23). The number of amides is 2. The Hall–Kier alpha value is -1.31. The lowest BCUT2D eigenvalue weighted by Gasteiger charge is -2.37. The monoisotopic (exact) mass is 349 g/mol. The second-order valence-electron chi connectivity index (χ2n) is 6.71. The first kappa shape index (κ1) is 19.0. The lowest BCUT2D eigenvalue weighted by Crippen LogP contribution is -2.51. The largest absolute Gasteiger partial charge is 0.405 e. The van der Waals surface area contributed by atoms with Crippen molar-refractivity contribution < 1.29 is 22.8 Å². The molecule has 2 heterocycles. The van der Waals surface area contributed by atoms with Gasteiger partial charge in [-0.3, -0.25) is 14.5 Å². The van der Waals surface area contributed by atoms with Crippen LogP contribution < -0.4 is 5.32 Å². The van der Waals surface area contributed by atoms with Gasteiger partial charge in [0.25, 0.3) is 0 Å². The Balaban J connectivity index is 1.77. The zero-order valence-electron chi connectivity index (χ0n) is 14.1. The molecule has 2 amide bonds. The molecule has 24 heavy (non-hydrogen) atoms. The minimum Gasteiger partial charge on any atom is -0.346 e. The van der Waals surface area contributed by atoms with Gasteiger partial charge in [0.05, 0.1) is 6.04 Å². The summed E-state index contributed by atoms with van der Waals surface area (Å²) in [4.78, 5) is 28.1. The number of nitrogens with zero attached hydrogens (tertiary/aromatic N) is 2. The van der Waals surface area contributed by atoms with Crippen LogP contribution in [-0.4, -0.2) is 66.6 Å². The summed E-state index contributed by atoms with van der Waals surface area (Å²) in [6.45, 7) is 3.08. The zero-order valence-corrected chi connectivity index (χ0v) is 14.1. The van der Waals surface area contributed by atoms with E-state index in [1.165, 1.54) is 6.42 Å². The highest BCUT2D eigenvalue weighted by molar-refractivity contribution is 5.81. The first-order valence-corrected chi connectivity index (χ1v) is 8.65. The first-order valence-electron chi connectivity index (χ1n) is 8.65. The van der Waals surface area contributed by atoms with Crippen LogP contribution in [0.3, 0.4) is 0 Å². The Kier molecular flexibility index (Phi) is 6.48. The summed E-state index contributed by atoms with van der Waals surface area (Å²) >= 11 is 0. The van der Waals surface area contributed by atoms with E-state index in [1.807, 2.05) is 15.1 Å². The Morgan fingerprint density at radius 2 is 1.67 bits per heavy atom. The molecule has 2 fully saturated rings. The first-order chi connectivity index (χ1) is 11.3. The molecule has 0 aromatic rings. The Bertz CT molecular complexity index is 442. The number of hydrogen-bond acceptors (Lipinski definition) is 3. The van der Waals surface area contributed by atoms with Crippen LogP contribution in [0, 0.1) is 5.92 Å². The van der Waals surface area contributed by atoms with E-state index in [0.29, 0.717) is 25.9 Å². The van der Waals surface area contributed by atoms with Gasteiger partial charge in [-0.1, -0.05) is 0 Å². The molecule has 138 valence electrons. The average molecular weight is 349 g/mol. The summed E-state index contributed by atoms with van der Waals surface area (Å²) in [7, 11) is 0. The molecule has 2 saturated heterocycles. The number of hydrogen-bond donors (Lipinski definition) is 1. The lowest BCUT2D eigenvalue weighted by atomic mass is 9.93. The van der Waals surface area contributed by atoms with Crippen molar-refractivity contribution in [2.45, 2.75) is 51.2 Å². The van der Waals surface area contributed by atoms with E-state index in [4.69, 9.17) is 0 Å². The predicted octanol–water partition coefficient (Wildman–Crippen LogP) is 1.78. The molecule has 2 aliphatic rings. The molecule has 0 radical (unpaired) electrons. The van der Waals surface area contributed by atoms with Gasteiger partial charge in [-0.15, -0.1) is 0 Å². The van der Waals surface area contributed by atoms with Gasteiger partial charge >= 0.3 is 6.18 Å². The van der Waals surface area contributed by atoms with E-state index in [2.05, 4.69) is 0 Å². The van der Waals surface area contributed by atoms with Crippen LogP contribution in [0.4, 0.5) is 13.2 Å². The topological polar surface area (TPSA) is 52.7 Å². The van der Waals surface area contributed by atoms with Crippen molar-refractivity contribution in [2.24, 2.45) is 5.92 Å². The van der Waals surface area contributed by atoms with Crippen molar-refractivity contribution in [2.75, 3.05) is 32.7 Å². The van der Waals surface area contributed by atoms with Gasteiger partial charge in [0, 0.05) is 19.0 Å². The van der Waals surface area contributed by atoms with Crippen molar-refractivity contribution in [3.63, 3.8) is 0 Å². The third kappa shape index (κ3) is 5.36. The molecule has 0 saturated carbocycles. The van der Waals surface area contributed by atoms with E-state index in [0.717, 1.165) is 25.9 Å². The fourth-order valence-corrected chi connectivity index (χ4v) is 3.41. The fraction of sp³-hybridized carbons (Fsp3) is 0.875. The molecule has 2 aliphatic heterocycles. The molecule has 0 spiro atoms. The van der Waals surface area contributed by atoms with Crippen LogP contribution in [-0.2, 0) is 9.59 Å². The molecule has 2 rings (SSSR count). The molecule has 1 atom stereocenters. The minimum atomic E-state index is -4.40. The van der Waals surface area contributed by atoms with Crippen LogP contribution >= 0.6 is 0 Å². The summed E-state index contributed by atoms with van der Waals surface area (Å²) < 4.78 is 36.5. The summed E-state index contributed by atoms with van der Waals surface area (Å²) in [5, 5.41) is 1.92. The number of alkyl halides is 3. The van der Waals surface area contributed by atoms with Crippen LogP contribution in [0.25, 0.3) is 0 Å². The van der Waals surface area contributed by atoms with Crippen molar-refractivity contribution in [3.05, 3.63) is 0 Å². The number of piperidine rings is 2. The molecule has 0 aromatic carbocycles. The molecular formula is C16H26F3N3O2. The normalized spacial score (nSPS) is 22.2. The molecular weight excluding hydrogens is 323 g/mol. The van der Waals surface area contributed by atoms with E-state index in [1.54, 1.807) is 6.92 Å². The number of carbonyl (C=O) groups is 2. The van der Waals surface area contributed by atoms with Crippen LogP contribution in [0.1, 0.15) is 39.0 Å². The third-order valence-electron chi connectivity index (χ3n) is 4.94. The molecule has 5 nitrogen and oxygen atoms in total. The molecule has 8 heteroatoms. The van der Waals surface area contributed by atoms with Crippen LogP contribution in [0.15, 0.2) is 0 Å². The summed E-state index contributed by atoms with van der Waals surface area (Å²) in [5.41, 5.74) is 0. The number of nitrogens with one attached hydrogen (secondary N) is 1. The van der Waals surface area contributed by atoms with Crippen LogP contribution in [0.5, 0.6) is 0 Å². The Labute approximate surface area is 140 Å². The van der Waals surface area contributed by atoms with Gasteiger partial charge < -0.3 is 10.2 Å². The molecule has 0 aromatic heterocycles. The van der Waals surface area contributed by atoms with E-state index in [9.17, 15) is 22.8 Å². The van der Waals surface area contributed by atoms with Crippen molar-refractivity contribution in [1.82, 2.24) is 15.1 Å². The van der Waals surface area contributed by atoms with E-state index in [-0.39, 0.29) is 11.8 Å². The molecule has 1 unspecified atom stereocenters. The smallest absolute Gasteiger partial charge is 0.346 e. The number of carbonyl (C=O) groups excluding carboxylic acids is 2. The number of likely N-dealkylation sites (tertiary alicyclic amines) is 2. The van der Waals surface area contributed by atoms with Crippen LogP contribution in [0.2, 0.25) is 0 Å². The van der Waals surface area contributed by atoms with Crippen molar-refractivity contribution in [1.29, 1.82) is 0 Å². The van der Waals surface area contributed by atoms with Gasteiger partial charge in [-0.05, 0) is 52.1 Å². The predicted molar refractivity (Wildman–Crippen MR) is 83.3 cm³/mol. The SMILES string of the molecule is CC(C(=O)NCC(F)(F)F)N1CCC(C(=O)N2CCCCC2)CC1. The Morgan fingerprint density at radius 1 is 1.08 bits per heavy atom. The van der Waals surface area contributed by atoms with E-state index < -0.39 is 24.7 Å². The highest BCUT2D eigenvalue weighted by Gasteiger charge is 2.33. The molecule has 0 bridgehead atoms. The summed E-state index contributed by atoms with van der Waals surface area (Å²) in [6, 6.07) is -0.613. The maximum atomic E-state index is 12.5. The lowest BCUT2D eigenvalue weighted by molar-refractivity contribution is -0.142. The van der Waals surface area contributed by atoms with Gasteiger partial charge in [-0.25, -0.2) is 0 Å². The quantitative estimate of drug-likeness (QED) is 0.842. The van der Waals surface area contributed by atoms with Crippen molar-refractivity contribution >= 4 is 11.8 Å². The number of rotatable bonds is 4. The maximum absolute atomic E-state index is 12.5. The third-order valence-corrected chi connectivity index (χ3v) is 4.94. The highest BCUT2D eigenvalue weighted by Crippen LogP contribution is 2.23. The van der Waals surface area contributed by atoms with Gasteiger partial charge in [0.1, 0.15) is 6.54 Å². The zero-order chi connectivity index (χ0) is 17.7. The minimum absolute atomic E-state index is 0.0233. The number of halogens is 3. The Morgan fingerprint density at radius 3 is 2.21 bits per heavy atom. The second kappa shape index (κ2) is 8.18. The highest BCUT2D eigenvalue weighted by atomic mass is 19.4. The van der Waals surface area contributed by atoms with Gasteiger partial charge in [0.15, 0.2) is 0 Å². The van der Waals surface area contributed by atoms with Crippen molar-refractivity contribution in [3.8, 4) is 0 Å². The molecule has 1 N–H and O–H groups in total. The second-order valence-corrected chi connectivity index (χ2v) is 6.71. The van der Waals surface area contributed by atoms with Gasteiger partial charge in [0.2, 0.25) is 11.8 Å². The summed E-state index contributed by atoms with van der Waals surface area (Å²) in [5.74, 6) is -0.443. The van der Waals surface area contributed by atoms with Gasteiger partial charge in [-0.2, -0.15) is 13.2 Å². The fourth-order valence-electron chi connectivity index (χ4n) is 3.41. The molecule has 0 aliphatic carbocycles. The summed E-state index contributed by atoms with van der Waals surface area (Å²) in [6.07, 6.45) is 0.205. The average Bonchev–Trinajstić information content (AvgIpc) is 2.58.